The molecule has 1 aromatic heterocycles. The standard InChI is InChI=1S/C12H20N4O3/c1-3-7-15-9-10(16(18)19)8-11(15)12(17)14-6-4-5-13-2/h8-9,13H,3-7H2,1-2H3,(H,14,17). The Hall–Kier alpha value is -1.89. The molecule has 0 saturated carbocycles. The van der Waals surface area contributed by atoms with Crippen molar-refractivity contribution >= 4 is 11.6 Å². The molecule has 7 nitrogen and oxygen atoms in total. The van der Waals surface area contributed by atoms with Crippen molar-refractivity contribution in [2.75, 3.05) is 20.1 Å². The van der Waals surface area contributed by atoms with Crippen LogP contribution in [0.3, 0.4) is 0 Å². The molecule has 1 heterocycles. The van der Waals surface area contributed by atoms with E-state index >= 15 is 0 Å². The number of hydrogen-bond acceptors (Lipinski definition) is 4. The minimum atomic E-state index is -0.482. The van der Waals surface area contributed by atoms with Gasteiger partial charge in [0.05, 0.1) is 11.1 Å². The molecule has 1 aromatic rings. The molecule has 0 aliphatic heterocycles. The molecule has 0 aromatic carbocycles. The number of aryl methyl sites for hydroxylation is 1. The Labute approximate surface area is 112 Å². The van der Waals surface area contributed by atoms with Crippen molar-refractivity contribution in [3.63, 3.8) is 0 Å². The number of aromatic nitrogens is 1. The van der Waals surface area contributed by atoms with Crippen LogP contribution >= 0.6 is 0 Å². The monoisotopic (exact) mass is 268 g/mol. The summed E-state index contributed by atoms with van der Waals surface area (Å²) in [6.45, 7) is 3.91. The quantitative estimate of drug-likeness (QED) is 0.420. The Morgan fingerprint density at radius 1 is 1.47 bits per heavy atom. The first-order valence-electron chi connectivity index (χ1n) is 6.37. The summed E-state index contributed by atoms with van der Waals surface area (Å²) in [4.78, 5) is 22.2. The zero-order valence-corrected chi connectivity index (χ0v) is 11.3. The van der Waals surface area contributed by atoms with Gasteiger partial charge in [-0.2, -0.15) is 0 Å². The van der Waals surface area contributed by atoms with E-state index in [2.05, 4.69) is 10.6 Å². The average Bonchev–Trinajstić information content (AvgIpc) is 2.79. The number of carbonyl (C=O) groups is 1. The summed E-state index contributed by atoms with van der Waals surface area (Å²) in [6.07, 6.45) is 3.04. The molecule has 1 amide bonds. The lowest BCUT2D eigenvalue weighted by Gasteiger charge is -2.07. The SMILES string of the molecule is CCCn1cc([N+](=O)[O-])cc1C(=O)NCCCNC. The molecule has 0 atom stereocenters. The first kappa shape index (κ1) is 15.2. The highest BCUT2D eigenvalue weighted by Crippen LogP contribution is 2.16. The van der Waals surface area contributed by atoms with Gasteiger partial charge in [-0.05, 0) is 26.4 Å². The van der Waals surface area contributed by atoms with E-state index in [0.717, 1.165) is 19.4 Å². The third kappa shape index (κ3) is 4.36. The zero-order valence-electron chi connectivity index (χ0n) is 11.3. The lowest BCUT2D eigenvalue weighted by atomic mass is 10.3. The van der Waals surface area contributed by atoms with E-state index in [9.17, 15) is 14.9 Å². The van der Waals surface area contributed by atoms with Crippen LogP contribution in [0.15, 0.2) is 12.3 Å². The van der Waals surface area contributed by atoms with E-state index in [1.54, 1.807) is 4.57 Å². The van der Waals surface area contributed by atoms with Gasteiger partial charge in [0.25, 0.3) is 11.6 Å². The van der Waals surface area contributed by atoms with Crippen molar-refractivity contribution < 1.29 is 9.72 Å². The van der Waals surface area contributed by atoms with Gasteiger partial charge in [-0.3, -0.25) is 14.9 Å². The van der Waals surface area contributed by atoms with Gasteiger partial charge in [-0.1, -0.05) is 6.92 Å². The molecule has 0 aliphatic carbocycles. The summed E-state index contributed by atoms with van der Waals surface area (Å²) in [7, 11) is 1.84. The van der Waals surface area contributed by atoms with Crippen molar-refractivity contribution in [3.05, 3.63) is 28.1 Å². The van der Waals surface area contributed by atoms with Crippen LogP contribution in [0.25, 0.3) is 0 Å². The topological polar surface area (TPSA) is 89.2 Å². The van der Waals surface area contributed by atoms with Gasteiger partial charge < -0.3 is 15.2 Å². The molecule has 0 spiro atoms. The fraction of sp³-hybridized carbons (Fsp3) is 0.583. The first-order chi connectivity index (χ1) is 9.10. The molecule has 1 rings (SSSR count). The maximum atomic E-state index is 12.0. The van der Waals surface area contributed by atoms with Gasteiger partial charge in [0.15, 0.2) is 0 Å². The summed E-state index contributed by atoms with van der Waals surface area (Å²) in [5, 5.41) is 16.5. The van der Waals surface area contributed by atoms with Crippen LogP contribution in [-0.2, 0) is 6.54 Å². The molecule has 0 bridgehead atoms. The predicted octanol–water partition coefficient (Wildman–Crippen LogP) is 1.15. The largest absolute Gasteiger partial charge is 0.351 e. The molecule has 7 heteroatoms. The molecule has 19 heavy (non-hydrogen) atoms. The number of rotatable bonds is 8. The van der Waals surface area contributed by atoms with Crippen molar-refractivity contribution in [1.82, 2.24) is 15.2 Å². The molecule has 106 valence electrons. The van der Waals surface area contributed by atoms with E-state index in [1.165, 1.54) is 12.3 Å². The molecule has 0 radical (unpaired) electrons. The van der Waals surface area contributed by atoms with Crippen LogP contribution in [0.4, 0.5) is 5.69 Å². The lowest BCUT2D eigenvalue weighted by Crippen LogP contribution is -2.28. The van der Waals surface area contributed by atoms with Crippen LogP contribution in [0.5, 0.6) is 0 Å². The molecule has 2 N–H and O–H groups in total. The Bertz CT molecular complexity index is 442. The van der Waals surface area contributed by atoms with Gasteiger partial charge >= 0.3 is 0 Å². The summed E-state index contributed by atoms with van der Waals surface area (Å²) in [6, 6.07) is 1.32. The second-order valence-corrected chi connectivity index (χ2v) is 4.25. The predicted molar refractivity (Wildman–Crippen MR) is 72.3 cm³/mol. The number of nitro groups is 1. The summed E-state index contributed by atoms with van der Waals surface area (Å²) >= 11 is 0. The number of nitrogens with zero attached hydrogens (tertiary/aromatic N) is 2. The van der Waals surface area contributed by atoms with E-state index < -0.39 is 4.92 Å². The van der Waals surface area contributed by atoms with Crippen molar-refractivity contribution in [2.45, 2.75) is 26.3 Å². The molecule has 0 saturated heterocycles. The van der Waals surface area contributed by atoms with Gasteiger partial charge in [-0.25, -0.2) is 0 Å². The summed E-state index contributed by atoms with van der Waals surface area (Å²) in [5.74, 6) is -0.266. The number of carbonyl (C=O) groups excluding carboxylic acids is 1. The smallest absolute Gasteiger partial charge is 0.287 e. The van der Waals surface area contributed by atoms with Crippen molar-refractivity contribution in [2.24, 2.45) is 0 Å². The molecular weight excluding hydrogens is 248 g/mol. The van der Waals surface area contributed by atoms with Gasteiger partial charge in [0, 0.05) is 19.2 Å². The molecule has 0 aliphatic rings. The second-order valence-electron chi connectivity index (χ2n) is 4.25. The maximum absolute atomic E-state index is 12.0. The molecule has 0 fully saturated rings. The van der Waals surface area contributed by atoms with E-state index in [1.807, 2.05) is 14.0 Å². The molecular formula is C12H20N4O3. The van der Waals surface area contributed by atoms with Crippen LogP contribution < -0.4 is 10.6 Å². The van der Waals surface area contributed by atoms with E-state index in [0.29, 0.717) is 18.8 Å². The fourth-order valence-corrected chi connectivity index (χ4v) is 1.77. The van der Waals surface area contributed by atoms with Crippen LogP contribution in [0, 0.1) is 10.1 Å². The fourth-order valence-electron chi connectivity index (χ4n) is 1.77. The molecule has 0 unspecified atom stereocenters. The zero-order chi connectivity index (χ0) is 14.3. The van der Waals surface area contributed by atoms with Gasteiger partial charge in [0.2, 0.25) is 0 Å². The first-order valence-corrected chi connectivity index (χ1v) is 6.37. The average molecular weight is 268 g/mol. The van der Waals surface area contributed by atoms with Crippen LogP contribution in [-0.4, -0.2) is 35.5 Å². The van der Waals surface area contributed by atoms with Gasteiger partial charge in [-0.15, -0.1) is 0 Å². The number of hydrogen-bond donors (Lipinski definition) is 2. The number of amides is 1. The lowest BCUT2D eigenvalue weighted by molar-refractivity contribution is -0.384. The Balaban J connectivity index is 2.73. The highest BCUT2D eigenvalue weighted by Gasteiger charge is 2.18. The minimum Gasteiger partial charge on any atom is -0.351 e. The van der Waals surface area contributed by atoms with E-state index in [4.69, 9.17) is 0 Å². The summed E-state index contributed by atoms with van der Waals surface area (Å²) < 4.78 is 1.63. The summed E-state index contributed by atoms with van der Waals surface area (Å²) in [5.41, 5.74) is 0.298. The van der Waals surface area contributed by atoms with Crippen molar-refractivity contribution in [1.29, 1.82) is 0 Å². The Morgan fingerprint density at radius 3 is 2.79 bits per heavy atom. The Morgan fingerprint density at radius 2 is 2.21 bits per heavy atom. The van der Waals surface area contributed by atoms with Gasteiger partial charge in [0.1, 0.15) is 5.69 Å². The number of nitrogens with one attached hydrogen (secondary N) is 2. The minimum absolute atomic E-state index is 0.0474. The van der Waals surface area contributed by atoms with Crippen LogP contribution in [0.1, 0.15) is 30.3 Å². The third-order valence-corrected chi connectivity index (χ3v) is 2.68. The maximum Gasteiger partial charge on any atom is 0.287 e. The van der Waals surface area contributed by atoms with Crippen molar-refractivity contribution in [3.8, 4) is 0 Å². The van der Waals surface area contributed by atoms with E-state index in [-0.39, 0.29) is 11.6 Å². The highest BCUT2D eigenvalue weighted by molar-refractivity contribution is 5.93. The highest BCUT2D eigenvalue weighted by atomic mass is 16.6. The third-order valence-electron chi connectivity index (χ3n) is 2.68. The second kappa shape index (κ2) is 7.52. The Kier molecular flexibility index (Phi) is 6.01. The van der Waals surface area contributed by atoms with Crippen LogP contribution in [0.2, 0.25) is 0 Å². The normalized spacial score (nSPS) is 10.4.